The van der Waals surface area contributed by atoms with Crippen molar-refractivity contribution in [2.45, 2.75) is 40.0 Å². The van der Waals surface area contributed by atoms with Crippen LogP contribution in [0.5, 0.6) is 0 Å². The van der Waals surface area contributed by atoms with Crippen LogP contribution in [0.2, 0.25) is 0 Å². The number of nitrogens with zero attached hydrogens (tertiary/aromatic N) is 3. The average Bonchev–Trinajstić information content (AvgIpc) is 3.18. The number of hydrogen-bond donors (Lipinski definition) is 2. The van der Waals surface area contributed by atoms with Crippen LogP contribution in [0, 0.1) is 6.92 Å². The van der Waals surface area contributed by atoms with Gasteiger partial charge in [-0.3, -0.25) is 4.79 Å². The molecule has 2 aromatic carbocycles. The lowest BCUT2D eigenvalue weighted by Crippen LogP contribution is -2.40. The Bertz CT molecular complexity index is 1130. The number of rotatable bonds is 6. The lowest BCUT2D eigenvalue weighted by Gasteiger charge is -2.21. The number of carbonyl (C=O) groups is 2. The summed E-state index contributed by atoms with van der Waals surface area (Å²) in [5.41, 5.74) is 3.31. The summed E-state index contributed by atoms with van der Waals surface area (Å²) in [6, 6.07) is 16.8. The monoisotopic (exact) mass is 511 g/mol. The molecule has 0 bridgehead atoms. The van der Waals surface area contributed by atoms with Gasteiger partial charge in [-0.05, 0) is 54.0 Å². The minimum Gasteiger partial charge on any atom is -0.315 e. The van der Waals surface area contributed by atoms with E-state index in [0.29, 0.717) is 18.1 Å². The topological polar surface area (TPSA) is 79.3 Å². The van der Waals surface area contributed by atoms with Crippen LogP contribution in [-0.4, -0.2) is 39.7 Å². The molecule has 2 N–H and O–H groups in total. The summed E-state index contributed by atoms with van der Waals surface area (Å²) in [5, 5.41) is 10.5. The van der Waals surface area contributed by atoms with Gasteiger partial charge >= 0.3 is 6.03 Å². The van der Waals surface area contributed by atoms with Crippen molar-refractivity contribution < 1.29 is 9.59 Å². The maximum absolute atomic E-state index is 12.9. The van der Waals surface area contributed by atoms with Gasteiger partial charge in [0.1, 0.15) is 12.4 Å². The smallest absolute Gasteiger partial charge is 0.315 e. The first kappa shape index (κ1) is 24.5. The Morgan fingerprint density at radius 2 is 1.73 bits per heavy atom. The predicted molar refractivity (Wildman–Crippen MR) is 136 cm³/mol. The molecule has 1 heterocycles. The minimum absolute atomic E-state index is 0.0866. The van der Waals surface area contributed by atoms with Gasteiger partial charge in [-0.1, -0.05) is 50.6 Å². The molecule has 0 aliphatic carbocycles. The standard InChI is InChI=1S/C25H30BrN5O2/c1-6-30(24(33)27-20-10-8-7-9-19(20)26)16-23(32)28-22-15-21(25(3,4)5)29-31(22)18-13-11-17(2)12-14-18/h7-15H,6,16H2,1-5H3,(H,27,33)(H,28,32). The molecule has 0 spiro atoms. The molecule has 8 heteroatoms. The van der Waals surface area contributed by atoms with Crippen LogP contribution in [-0.2, 0) is 10.2 Å². The van der Waals surface area contributed by atoms with E-state index in [9.17, 15) is 9.59 Å². The first-order valence-electron chi connectivity index (χ1n) is 10.9. The number of nitrogens with one attached hydrogen (secondary N) is 2. The van der Waals surface area contributed by atoms with E-state index in [1.165, 1.54) is 4.90 Å². The number of anilines is 2. The van der Waals surface area contributed by atoms with Gasteiger partial charge in [0.05, 0.1) is 17.1 Å². The van der Waals surface area contributed by atoms with Crippen LogP contribution in [0.1, 0.15) is 39.0 Å². The molecule has 0 aliphatic rings. The second kappa shape index (κ2) is 10.2. The SMILES string of the molecule is CCN(CC(=O)Nc1cc(C(C)(C)C)nn1-c1ccc(C)cc1)C(=O)Nc1ccccc1Br. The Morgan fingerprint density at radius 1 is 1.06 bits per heavy atom. The number of urea groups is 1. The van der Waals surface area contributed by atoms with Gasteiger partial charge in [0.25, 0.3) is 0 Å². The molecule has 0 fully saturated rings. The van der Waals surface area contributed by atoms with Crippen molar-refractivity contribution in [3.8, 4) is 5.69 Å². The highest BCUT2D eigenvalue weighted by atomic mass is 79.9. The number of likely N-dealkylation sites (N-methyl/N-ethyl adjacent to an activating group) is 1. The van der Waals surface area contributed by atoms with Crippen LogP contribution in [0.4, 0.5) is 16.3 Å². The molecule has 0 saturated heterocycles. The number of carbonyl (C=O) groups excluding carboxylic acids is 2. The minimum atomic E-state index is -0.345. The maximum atomic E-state index is 12.9. The molecule has 1 aromatic heterocycles. The number of aryl methyl sites for hydroxylation is 1. The average molecular weight is 512 g/mol. The van der Waals surface area contributed by atoms with Gasteiger partial charge in [0.2, 0.25) is 5.91 Å². The largest absolute Gasteiger partial charge is 0.322 e. The second-order valence-electron chi connectivity index (χ2n) is 8.88. The van der Waals surface area contributed by atoms with Crippen molar-refractivity contribution in [2.75, 3.05) is 23.7 Å². The molecule has 3 rings (SSSR count). The molecule has 33 heavy (non-hydrogen) atoms. The fourth-order valence-electron chi connectivity index (χ4n) is 3.16. The van der Waals surface area contributed by atoms with Crippen LogP contribution in [0.25, 0.3) is 5.69 Å². The van der Waals surface area contributed by atoms with Crippen molar-refractivity contribution in [2.24, 2.45) is 0 Å². The van der Waals surface area contributed by atoms with E-state index in [4.69, 9.17) is 5.10 Å². The number of amides is 3. The molecular weight excluding hydrogens is 482 g/mol. The van der Waals surface area contributed by atoms with Crippen molar-refractivity contribution in [3.63, 3.8) is 0 Å². The van der Waals surface area contributed by atoms with Crippen molar-refractivity contribution in [3.05, 3.63) is 70.3 Å². The predicted octanol–water partition coefficient (Wildman–Crippen LogP) is 5.73. The number of halogens is 1. The third kappa shape index (κ3) is 6.22. The normalized spacial score (nSPS) is 11.2. The van der Waals surface area contributed by atoms with Gasteiger partial charge in [-0.25, -0.2) is 9.48 Å². The van der Waals surface area contributed by atoms with E-state index < -0.39 is 0 Å². The first-order chi connectivity index (χ1) is 15.6. The maximum Gasteiger partial charge on any atom is 0.322 e. The Morgan fingerprint density at radius 3 is 2.33 bits per heavy atom. The summed E-state index contributed by atoms with van der Waals surface area (Å²) in [4.78, 5) is 27.1. The summed E-state index contributed by atoms with van der Waals surface area (Å²) in [6.45, 7) is 10.4. The summed E-state index contributed by atoms with van der Waals surface area (Å²) in [7, 11) is 0. The Labute approximate surface area is 203 Å². The van der Waals surface area contributed by atoms with E-state index in [2.05, 4.69) is 47.3 Å². The molecule has 0 aliphatic heterocycles. The third-order valence-corrected chi connectivity index (χ3v) is 5.83. The molecular formula is C25H30BrN5O2. The van der Waals surface area contributed by atoms with Gasteiger partial charge < -0.3 is 15.5 Å². The summed E-state index contributed by atoms with van der Waals surface area (Å²) < 4.78 is 2.51. The van der Waals surface area contributed by atoms with Gasteiger partial charge in [0.15, 0.2) is 0 Å². The fraction of sp³-hybridized carbons (Fsp3) is 0.320. The van der Waals surface area contributed by atoms with E-state index in [1.807, 2.05) is 62.4 Å². The number of aromatic nitrogens is 2. The summed E-state index contributed by atoms with van der Waals surface area (Å²) in [6.07, 6.45) is 0. The van der Waals surface area contributed by atoms with Crippen LogP contribution in [0.3, 0.4) is 0 Å². The van der Waals surface area contributed by atoms with Crippen LogP contribution in [0.15, 0.2) is 59.1 Å². The molecule has 3 aromatic rings. The zero-order valence-corrected chi connectivity index (χ0v) is 21.2. The van der Waals surface area contributed by atoms with E-state index in [1.54, 1.807) is 10.7 Å². The Hall–Kier alpha value is -3.13. The number of benzene rings is 2. The Kier molecular flexibility index (Phi) is 7.58. The number of para-hydroxylation sites is 1. The summed E-state index contributed by atoms with van der Waals surface area (Å²) in [5.74, 6) is 0.267. The highest BCUT2D eigenvalue weighted by Crippen LogP contribution is 2.26. The van der Waals surface area contributed by atoms with Gasteiger partial charge in [-0.15, -0.1) is 0 Å². The van der Waals surface area contributed by atoms with Crippen molar-refractivity contribution in [1.82, 2.24) is 14.7 Å². The fourth-order valence-corrected chi connectivity index (χ4v) is 3.54. The summed E-state index contributed by atoms with van der Waals surface area (Å²) >= 11 is 3.42. The molecule has 0 saturated carbocycles. The highest BCUT2D eigenvalue weighted by Gasteiger charge is 2.23. The lowest BCUT2D eigenvalue weighted by atomic mass is 9.92. The van der Waals surface area contributed by atoms with Crippen LogP contribution >= 0.6 is 15.9 Å². The molecule has 3 amide bonds. The lowest BCUT2D eigenvalue weighted by molar-refractivity contribution is -0.116. The van der Waals surface area contributed by atoms with Gasteiger partial charge in [-0.2, -0.15) is 5.10 Å². The van der Waals surface area contributed by atoms with E-state index in [-0.39, 0.29) is 23.9 Å². The quantitative estimate of drug-likeness (QED) is 0.443. The highest BCUT2D eigenvalue weighted by molar-refractivity contribution is 9.10. The van der Waals surface area contributed by atoms with E-state index in [0.717, 1.165) is 21.4 Å². The molecule has 0 atom stereocenters. The van der Waals surface area contributed by atoms with Crippen molar-refractivity contribution in [1.29, 1.82) is 0 Å². The van der Waals surface area contributed by atoms with Crippen molar-refractivity contribution >= 4 is 39.4 Å². The van der Waals surface area contributed by atoms with Gasteiger partial charge in [0, 0.05) is 22.5 Å². The third-order valence-electron chi connectivity index (χ3n) is 5.14. The zero-order chi connectivity index (χ0) is 24.2. The molecule has 174 valence electrons. The molecule has 7 nitrogen and oxygen atoms in total. The molecule has 0 radical (unpaired) electrons. The number of hydrogen-bond acceptors (Lipinski definition) is 3. The first-order valence-corrected chi connectivity index (χ1v) is 11.7. The molecule has 0 unspecified atom stereocenters. The zero-order valence-electron chi connectivity index (χ0n) is 19.6. The van der Waals surface area contributed by atoms with Crippen LogP contribution < -0.4 is 10.6 Å². The second-order valence-corrected chi connectivity index (χ2v) is 9.74. The van der Waals surface area contributed by atoms with E-state index >= 15 is 0 Å². The Balaban J connectivity index is 1.78.